The first kappa shape index (κ1) is 14.0. The number of hydrogen-bond donors (Lipinski definition) is 3. The molecule has 0 aliphatic carbocycles. The summed E-state index contributed by atoms with van der Waals surface area (Å²) in [7, 11) is 0. The minimum Gasteiger partial charge on any atom is -0.336 e. The fraction of sp³-hybridized carbons (Fsp3) is 0.308. The number of benzene rings is 1. The monoisotopic (exact) mass is 249 g/mol. The molecule has 18 heavy (non-hydrogen) atoms. The van der Waals surface area contributed by atoms with Crippen LogP contribution < -0.4 is 16.4 Å². The zero-order valence-electron chi connectivity index (χ0n) is 10.4. The van der Waals surface area contributed by atoms with Crippen molar-refractivity contribution in [3.8, 4) is 11.8 Å². The molecule has 0 radical (unpaired) electrons. The molecular formula is C13H16FN3O. The Labute approximate surface area is 106 Å². The molecule has 0 spiro atoms. The van der Waals surface area contributed by atoms with E-state index in [1.54, 1.807) is 6.07 Å². The summed E-state index contributed by atoms with van der Waals surface area (Å²) in [6, 6.07) is 3.90. The van der Waals surface area contributed by atoms with Gasteiger partial charge >= 0.3 is 6.03 Å². The van der Waals surface area contributed by atoms with Crippen LogP contribution in [0.25, 0.3) is 0 Å². The molecule has 1 rings (SSSR count). The second kappa shape index (κ2) is 6.62. The van der Waals surface area contributed by atoms with Crippen molar-refractivity contribution in [1.82, 2.24) is 5.32 Å². The Kier molecular flexibility index (Phi) is 5.15. The van der Waals surface area contributed by atoms with E-state index in [2.05, 4.69) is 22.5 Å². The lowest BCUT2D eigenvalue weighted by atomic mass is 10.2. The molecule has 0 atom stereocenters. The predicted octanol–water partition coefficient (Wildman–Crippen LogP) is 1.67. The second-order valence-corrected chi connectivity index (χ2v) is 3.95. The topological polar surface area (TPSA) is 67.2 Å². The average Bonchev–Trinajstić information content (AvgIpc) is 2.28. The van der Waals surface area contributed by atoms with Crippen molar-refractivity contribution in [2.24, 2.45) is 5.73 Å². The van der Waals surface area contributed by atoms with Crippen molar-refractivity contribution in [3.05, 3.63) is 29.6 Å². The lowest BCUT2D eigenvalue weighted by Gasteiger charge is -2.10. The van der Waals surface area contributed by atoms with Gasteiger partial charge in [-0.3, -0.25) is 0 Å². The van der Waals surface area contributed by atoms with Crippen LogP contribution in [0.2, 0.25) is 0 Å². The number of anilines is 1. The maximum Gasteiger partial charge on any atom is 0.319 e. The lowest BCUT2D eigenvalue weighted by molar-refractivity contribution is 0.250. The van der Waals surface area contributed by atoms with E-state index < -0.39 is 11.8 Å². The molecule has 0 aliphatic rings. The molecular weight excluding hydrogens is 233 g/mol. The van der Waals surface area contributed by atoms with Crippen LogP contribution in [0, 0.1) is 17.7 Å². The van der Waals surface area contributed by atoms with Crippen molar-refractivity contribution in [3.63, 3.8) is 0 Å². The maximum atomic E-state index is 13.6. The van der Waals surface area contributed by atoms with E-state index in [0.29, 0.717) is 5.56 Å². The largest absolute Gasteiger partial charge is 0.336 e. The Bertz CT molecular complexity index is 489. The van der Waals surface area contributed by atoms with Gasteiger partial charge in [-0.25, -0.2) is 9.18 Å². The number of urea groups is 1. The van der Waals surface area contributed by atoms with Gasteiger partial charge in [0.15, 0.2) is 0 Å². The van der Waals surface area contributed by atoms with Crippen molar-refractivity contribution in [1.29, 1.82) is 0 Å². The molecule has 1 aromatic carbocycles. The number of carbonyl (C=O) groups is 1. The molecule has 0 heterocycles. The Morgan fingerprint density at radius 1 is 1.50 bits per heavy atom. The fourth-order valence-electron chi connectivity index (χ4n) is 1.27. The third-order valence-electron chi connectivity index (χ3n) is 1.97. The van der Waals surface area contributed by atoms with Crippen molar-refractivity contribution < 1.29 is 9.18 Å². The molecule has 96 valence electrons. The van der Waals surface area contributed by atoms with Gasteiger partial charge in [-0.1, -0.05) is 11.8 Å². The summed E-state index contributed by atoms with van der Waals surface area (Å²) < 4.78 is 13.6. The van der Waals surface area contributed by atoms with Crippen LogP contribution in [0.3, 0.4) is 0 Å². The summed E-state index contributed by atoms with van der Waals surface area (Å²) >= 11 is 0. The molecule has 0 bridgehead atoms. The van der Waals surface area contributed by atoms with E-state index >= 15 is 0 Å². The summed E-state index contributed by atoms with van der Waals surface area (Å²) in [5.74, 6) is 4.81. The van der Waals surface area contributed by atoms with E-state index in [1.807, 2.05) is 13.8 Å². The highest BCUT2D eigenvalue weighted by atomic mass is 19.1. The summed E-state index contributed by atoms with van der Waals surface area (Å²) in [5, 5.41) is 5.03. The molecule has 0 unspecified atom stereocenters. The van der Waals surface area contributed by atoms with Crippen LogP contribution in [-0.4, -0.2) is 18.6 Å². The molecule has 4 N–H and O–H groups in total. The number of rotatable bonds is 2. The van der Waals surface area contributed by atoms with Gasteiger partial charge in [0.2, 0.25) is 0 Å². The Morgan fingerprint density at radius 3 is 2.78 bits per heavy atom. The van der Waals surface area contributed by atoms with Crippen LogP contribution in [0.5, 0.6) is 0 Å². The highest BCUT2D eigenvalue weighted by Crippen LogP contribution is 2.15. The standard InChI is InChI=1S/C13H16FN3O/c1-9(2)16-13(18)17-12-6-5-10(4-3-7-15)8-11(12)14/h5-6,8-9H,7,15H2,1-2H3,(H2,16,17,18). The normalized spacial score (nSPS) is 9.61. The Hall–Kier alpha value is -2.06. The number of halogens is 1. The van der Waals surface area contributed by atoms with Gasteiger partial charge in [0, 0.05) is 11.6 Å². The number of carbonyl (C=O) groups excluding carboxylic acids is 1. The minimum absolute atomic E-state index is 0.0113. The predicted molar refractivity (Wildman–Crippen MR) is 69.6 cm³/mol. The maximum absolute atomic E-state index is 13.6. The van der Waals surface area contributed by atoms with E-state index in [4.69, 9.17) is 5.73 Å². The number of hydrogen-bond acceptors (Lipinski definition) is 2. The minimum atomic E-state index is -0.530. The highest BCUT2D eigenvalue weighted by Gasteiger charge is 2.07. The first-order valence-electron chi connectivity index (χ1n) is 5.59. The first-order chi connectivity index (χ1) is 8.52. The van der Waals surface area contributed by atoms with E-state index in [-0.39, 0.29) is 18.3 Å². The fourth-order valence-corrected chi connectivity index (χ4v) is 1.27. The van der Waals surface area contributed by atoms with Gasteiger partial charge in [-0.05, 0) is 32.0 Å². The van der Waals surface area contributed by atoms with Crippen molar-refractivity contribution in [2.45, 2.75) is 19.9 Å². The molecule has 2 amide bonds. The SMILES string of the molecule is CC(C)NC(=O)Nc1ccc(C#CCN)cc1F. The van der Waals surface area contributed by atoms with E-state index in [0.717, 1.165) is 0 Å². The van der Waals surface area contributed by atoms with Gasteiger partial charge in [-0.15, -0.1) is 0 Å². The Morgan fingerprint density at radius 2 is 2.22 bits per heavy atom. The number of amides is 2. The molecule has 0 saturated heterocycles. The van der Waals surface area contributed by atoms with Crippen LogP contribution in [0.4, 0.5) is 14.9 Å². The van der Waals surface area contributed by atoms with Crippen LogP contribution in [0.1, 0.15) is 19.4 Å². The van der Waals surface area contributed by atoms with Gasteiger partial charge < -0.3 is 16.4 Å². The van der Waals surface area contributed by atoms with Crippen LogP contribution in [-0.2, 0) is 0 Å². The molecule has 0 aromatic heterocycles. The van der Waals surface area contributed by atoms with Crippen LogP contribution >= 0.6 is 0 Å². The van der Waals surface area contributed by atoms with Gasteiger partial charge in [0.05, 0.1) is 12.2 Å². The quantitative estimate of drug-likeness (QED) is 0.698. The second-order valence-electron chi connectivity index (χ2n) is 3.95. The van der Waals surface area contributed by atoms with E-state index in [9.17, 15) is 9.18 Å². The summed E-state index contributed by atoms with van der Waals surface area (Å²) in [6.45, 7) is 3.86. The summed E-state index contributed by atoms with van der Waals surface area (Å²) in [5.41, 5.74) is 5.86. The third kappa shape index (κ3) is 4.44. The molecule has 1 aromatic rings. The lowest BCUT2D eigenvalue weighted by Crippen LogP contribution is -2.34. The zero-order valence-corrected chi connectivity index (χ0v) is 10.4. The summed E-state index contributed by atoms with van der Waals surface area (Å²) in [6.07, 6.45) is 0. The highest BCUT2D eigenvalue weighted by molar-refractivity contribution is 5.89. The third-order valence-corrected chi connectivity index (χ3v) is 1.97. The van der Waals surface area contributed by atoms with Gasteiger partial charge in [0.1, 0.15) is 5.82 Å². The molecule has 5 heteroatoms. The molecule has 0 aliphatic heterocycles. The number of nitrogens with two attached hydrogens (primary N) is 1. The first-order valence-corrected chi connectivity index (χ1v) is 5.59. The summed E-state index contributed by atoms with van der Waals surface area (Å²) in [4.78, 5) is 11.4. The van der Waals surface area contributed by atoms with Crippen molar-refractivity contribution in [2.75, 3.05) is 11.9 Å². The molecule has 0 saturated carbocycles. The smallest absolute Gasteiger partial charge is 0.319 e. The van der Waals surface area contributed by atoms with Crippen LogP contribution in [0.15, 0.2) is 18.2 Å². The zero-order chi connectivity index (χ0) is 13.5. The molecule has 4 nitrogen and oxygen atoms in total. The van der Waals surface area contributed by atoms with Gasteiger partial charge in [-0.2, -0.15) is 0 Å². The van der Waals surface area contributed by atoms with Crippen molar-refractivity contribution >= 4 is 11.7 Å². The van der Waals surface area contributed by atoms with Gasteiger partial charge in [0.25, 0.3) is 0 Å². The Balaban J connectivity index is 2.77. The van der Waals surface area contributed by atoms with E-state index in [1.165, 1.54) is 12.1 Å². The average molecular weight is 249 g/mol. The molecule has 0 fully saturated rings. The number of nitrogens with one attached hydrogen (secondary N) is 2.